The average Bonchev–Trinajstić information content (AvgIpc) is 3.49. The van der Waals surface area contributed by atoms with Gasteiger partial charge in [-0.25, -0.2) is 0 Å². The van der Waals surface area contributed by atoms with Crippen LogP contribution in [-0.4, -0.2) is 30.6 Å². The van der Waals surface area contributed by atoms with Crippen LogP contribution in [0.25, 0.3) is 0 Å². The first-order valence-corrected chi connectivity index (χ1v) is 8.92. The molecule has 0 spiro atoms. The molecule has 0 heterocycles. The van der Waals surface area contributed by atoms with E-state index < -0.39 is 5.92 Å². The van der Waals surface area contributed by atoms with Gasteiger partial charge >= 0.3 is 5.97 Å². The predicted octanol–water partition coefficient (Wildman–Crippen LogP) is 2.59. The highest BCUT2D eigenvalue weighted by atomic mass is 16.5. The van der Waals surface area contributed by atoms with Gasteiger partial charge in [-0.2, -0.15) is 0 Å². The highest BCUT2D eigenvalue weighted by molar-refractivity contribution is 5.89. The summed E-state index contributed by atoms with van der Waals surface area (Å²) < 4.78 is 4.86. The van der Waals surface area contributed by atoms with Crippen molar-refractivity contribution >= 4 is 11.9 Å². The Bertz CT molecular complexity index is 643. The van der Waals surface area contributed by atoms with Crippen molar-refractivity contribution in [1.29, 1.82) is 0 Å². The van der Waals surface area contributed by atoms with Crippen molar-refractivity contribution in [3.8, 4) is 5.75 Å². The van der Waals surface area contributed by atoms with Crippen molar-refractivity contribution in [3.63, 3.8) is 0 Å². The molecule has 2 N–H and O–H groups in total. The van der Waals surface area contributed by atoms with Gasteiger partial charge in [-0.3, -0.25) is 9.59 Å². The molecular weight excluding hydrogens is 318 g/mol. The number of hydrogen-bond donors (Lipinski definition) is 2. The van der Waals surface area contributed by atoms with Crippen LogP contribution in [0.4, 0.5) is 0 Å². The molecule has 0 saturated heterocycles. The number of esters is 1. The molecule has 134 valence electrons. The van der Waals surface area contributed by atoms with Gasteiger partial charge in [-0.1, -0.05) is 17.7 Å². The van der Waals surface area contributed by atoms with Crippen LogP contribution in [0.5, 0.6) is 5.75 Å². The topological polar surface area (TPSA) is 75.6 Å². The molecule has 2 aliphatic rings. The summed E-state index contributed by atoms with van der Waals surface area (Å²) in [7, 11) is 1.35. The largest absolute Gasteiger partial charge is 0.508 e. The van der Waals surface area contributed by atoms with E-state index in [0.717, 1.165) is 5.56 Å². The summed E-state index contributed by atoms with van der Waals surface area (Å²) in [5.74, 6) is 0.482. The van der Waals surface area contributed by atoms with E-state index in [9.17, 15) is 14.7 Å². The number of benzene rings is 1. The minimum atomic E-state index is -0.447. The maximum absolute atomic E-state index is 12.3. The van der Waals surface area contributed by atoms with Crippen molar-refractivity contribution in [2.45, 2.75) is 32.1 Å². The number of phenolic OH excluding ortho intramolecular Hbond substituents is 1. The fourth-order valence-electron chi connectivity index (χ4n) is 3.15. The van der Waals surface area contributed by atoms with Crippen molar-refractivity contribution in [3.05, 3.63) is 41.5 Å². The third-order valence-corrected chi connectivity index (χ3v) is 4.87. The third-order valence-electron chi connectivity index (χ3n) is 4.87. The number of carbonyl (C=O) groups excluding carboxylic acids is 2. The van der Waals surface area contributed by atoms with E-state index in [1.165, 1.54) is 38.4 Å². The number of hydrogen-bond acceptors (Lipinski definition) is 4. The molecule has 1 atom stereocenters. The Morgan fingerprint density at radius 2 is 1.80 bits per heavy atom. The Labute approximate surface area is 148 Å². The second kappa shape index (κ2) is 7.72. The summed E-state index contributed by atoms with van der Waals surface area (Å²) in [6.07, 6.45) is 6.99. The standard InChI is InChI=1S/C20H25NO4/c1-25-20(24)16(10-13-2-8-17(22)9-3-13)12-21-19(23)11-18(14-4-5-14)15-6-7-15/h2-3,8-9,11,14-16,22H,4-7,10,12H2,1H3,(H,21,23)/t16-/m1/s1. The molecular formula is C20H25NO4. The van der Waals surface area contributed by atoms with Gasteiger partial charge < -0.3 is 15.2 Å². The van der Waals surface area contributed by atoms with Gasteiger partial charge in [0.25, 0.3) is 0 Å². The number of carbonyl (C=O) groups is 2. The lowest BCUT2D eigenvalue weighted by Crippen LogP contribution is -2.34. The second-order valence-corrected chi connectivity index (χ2v) is 7.03. The van der Waals surface area contributed by atoms with E-state index in [4.69, 9.17) is 4.74 Å². The van der Waals surface area contributed by atoms with E-state index in [1.807, 2.05) is 0 Å². The van der Waals surface area contributed by atoms with E-state index in [0.29, 0.717) is 18.3 Å². The molecule has 1 aromatic rings. The van der Waals surface area contributed by atoms with Gasteiger partial charge in [0.15, 0.2) is 0 Å². The molecule has 0 bridgehead atoms. The number of rotatable bonds is 8. The third kappa shape index (κ3) is 5.08. The average molecular weight is 343 g/mol. The SMILES string of the molecule is COC(=O)[C@@H](CNC(=O)C=C(C1CC1)C1CC1)Cc1ccc(O)cc1. The van der Waals surface area contributed by atoms with E-state index in [2.05, 4.69) is 5.32 Å². The summed E-state index contributed by atoms with van der Waals surface area (Å²) in [5.41, 5.74) is 2.21. The first-order chi connectivity index (χ1) is 12.1. The normalized spacial score (nSPS) is 17.5. The Morgan fingerprint density at radius 1 is 1.20 bits per heavy atom. The molecule has 0 radical (unpaired) electrons. The van der Waals surface area contributed by atoms with Gasteiger partial charge in [-0.05, 0) is 61.6 Å². The molecule has 2 fully saturated rings. The first-order valence-electron chi connectivity index (χ1n) is 8.92. The van der Waals surface area contributed by atoms with Crippen molar-refractivity contribution in [2.24, 2.45) is 17.8 Å². The quantitative estimate of drug-likeness (QED) is 0.562. The molecule has 0 aromatic heterocycles. The molecule has 5 nitrogen and oxygen atoms in total. The highest BCUT2D eigenvalue weighted by Gasteiger charge is 2.36. The fraction of sp³-hybridized carbons (Fsp3) is 0.500. The van der Waals surface area contributed by atoms with E-state index in [1.54, 1.807) is 30.3 Å². The lowest BCUT2D eigenvalue weighted by Gasteiger charge is -2.15. The Hall–Kier alpha value is -2.30. The smallest absolute Gasteiger partial charge is 0.310 e. The number of phenols is 1. The maximum atomic E-state index is 12.3. The molecule has 2 saturated carbocycles. The first kappa shape index (κ1) is 17.5. The summed E-state index contributed by atoms with van der Waals surface area (Å²) in [5, 5.41) is 12.2. The monoisotopic (exact) mass is 343 g/mol. The molecule has 3 rings (SSSR count). The molecule has 1 amide bonds. The number of ether oxygens (including phenoxy) is 1. The van der Waals surface area contributed by atoms with E-state index >= 15 is 0 Å². The second-order valence-electron chi connectivity index (χ2n) is 7.03. The lowest BCUT2D eigenvalue weighted by atomic mass is 9.99. The number of aromatic hydroxyl groups is 1. The number of amides is 1. The number of allylic oxidation sites excluding steroid dienone is 1. The fourth-order valence-corrected chi connectivity index (χ4v) is 3.15. The summed E-state index contributed by atoms with van der Waals surface area (Å²) >= 11 is 0. The molecule has 5 heteroatoms. The van der Waals surface area contributed by atoms with Crippen LogP contribution in [-0.2, 0) is 20.7 Å². The van der Waals surface area contributed by atoms with Crippen molar-refractivity contribution in [1.82, 2.24) is 5.32 Å². The molecule has 0 unspecified atom stereocenters. The van der Waals surface area contributed by atoms with Crippen molar-refractivity contribution in [2.75, 3.05) is 13.7 Å². The highest BCUT2D eigenvalue weighted by Crippen LogP contribution is 2.48. The van der Waals surface area contributed by atoms with Crippen LogP contribution >= 0.6 is 0 Å². The Balaban J connectivity index is 1.58. The lowest BCUT2D eigenvalue weighted by molar-refractivity contribution is -0.145. The minimum Gasteiger partial charge on any atom is -0.508 e. The Morgan fingerprint density at radius 3 is 2.32 bits per heavy atom. The summed E-state index contributed by atoms with van der Waals surface area (Å²) in [6.45, 7) is 0.242. The van der Waals surface area contributed by atoms with Crippen LogP contribution in [0.2, 0.25) is 0 Å². The van der Waals surface area contributed by atoms with Crippen LogP contribution in [0.15, 0.2) is 35.9 Å². The van der Waals surface area contributed by atoms with Crippen LogP contribution in [0.1, 0.15) is 31.2 Å². The summed E-state index contributed by atoms with van der Waals surface area (Å²) in [6, 6.07) is 6.71. The zero-order valence-corrected chi connectivity index (χ0v) is 14.5. The van der Waals surface area contributed by atoms with Crippen LogP contribution < -0.4 is 5.32 Å². The zero-order chi connectivity index (χ0) is 17.8. The maximum Gasteiger partial charge on any atom is 0.310 e. The molecule has 2 aliphatic carbocycles. The van der Waals surface area contributed by atoms with E-state index in [-0.39, 0.29) is 24.2 Å². The van der Waals surface area contributed by atoms with Gasteiger partial charge in [0, 0.05) is 12.6 Å². The van der Waals surface area contributed by atoms with Gasteiger partial charge in [0.1, 0.15) is 5.75 Å². The molecule has 1 aromatic carbocycles. The van der Waals surface area contributed by atoms with Crippen LogP contribution in [0.3, 0.4) is 0 Å². The molecule has 0 aliphatic heterocycles. The van der Waals surface area contributed by atoms with Crippen molar-refractivity contribution < 1.29 is 19.4 Å². The van der Waals surface area contributed by atoms with Crippen LogP contribution in [0, 0.1) is 17.8 Å². The Kier molecular flexibility index (Phi) is 5.41. The zero-order valence-electron chi connectivity index (χ0n) is 14.5. The molecule has 25 heavy (non-hydrogen) atoms. The van der Waals surface area contributed by atoms with Gasteiger partial charge in [-0.15, -0.1) is 0 Å². The number of methoxy groups -OCH3 is 1. The minimum absolute atomic E-state index is 0.117. The van der Waals surface area contributed by atoms with Gasteiger partial charge in [0.05, 0.1) is 13.0 Å². The number of nitrogens with one attached hydrogen (secondary N) is 1. The summed E-state index contributed by atoms with van der Waals surface area (Å²) in [4.78, 5) is 24.3. The van der Waals surface area contributed by atoms with Gasteiger partial charge in [0.2, 0.25) is 5.91 Å². The predicted molar refractivity (Wildman–Crippen MR) is 93.9 cm³/mol.